The third kappa shape index (κ3) is 3.76. The third-order valence-corrected chi connectivity index (χ3v) is 2.45. The molecule has 1 aromatic carbocycles. The van der Waals surface area contributed by atoms with E-state index in [0.29, 0.717) is 12.0 Å². The quantitative estimate of drug-likeness (QED) is 0.884. The van der Waals surface area contributed by atoms with Crippen molar-refractivity contribution < 1.29 is 23.1 Å². The molecule has 0 saturated heterocycles. The first kappa shape index (κ1) is 13.5. The summed E-state index contributed by atoms with van der Waals surface area (Å²) in [7, 11) is 0. The van der Waals surface area contributed by atoms with E-state index in [1.54, 1.807) is 6.92 Å². The number of aromatic hydroxyl groups is 1. The molecule has 0 atom stereocenters. The van der Waals surface area contributed by atoms with Crippen molar-refractivity contribution in [2.45, 2.75) is 32.4 Å². The Morgan fingerprint density at radius 1 is 1.35 bits per heavy atom. The summed E-state index contributed by atoms with van der Waals surface area (Å²) >= 11 is 0. The van der Waals surface area contributed by atoms with E-state index in [0.717, 1.165) is 12.1 Å². The summed E-state index contributed by atoms with van der Waals surface area (Å²) in [6, 6.07) is 3.29. The molecule has 0 saturated carbocycles. The highest BCUT2D eigenvalue weighted by Gasteiger charge is 2.33. The Hall–Kier alpha value is -1.52. The molecule has 5 heteroatoms. The smallest absolute Gasteiger partial charge is 0.419 e. The summed E-state index contributed by atoms with van der Waals surface area (Å²) < 4.78 is 37.4. The van der Waals surface area contributed by atoms with Crippen molar-refractivity contribution in [3.63, 3.8) is 0 Å². The van der Waals surface area contributed by atoms with Gasteiger partial charge in [0.1, 0.15) is 11.5 Å². The fourth-order valence-corrected chi connectivity index (χ4v) is 1.43. The number of aryl methyl sites for hydroxylation is 1. The molecule has 0 aliphatic heterocycles. The lowest BCUT2D eigenvalue weighted by molar-refractivity contribution is -0.138. The van der Waals surface area contributed by atoms with Crippen molar-refractivity contribution >= 4 is 5.78 Å². The third-order valence-electron chi connectivity index (χ3n) is 2.45. The molecule has 0 aliphatic carbocycles. The molecule has 0 unspecified atom stereocenters. The van der Waals surface area contributed by atoms with Crippen LogP contribution in [0.3, 0.4) is 0 Å². The highest BCUT2D eigenvalue weighted by Crippen LogP contribution is 2.36. The van der Waals surface area contributed by atoms with Crippen LogP contribution in [-0.2, 0) is 17.4 Å². The summed E-state index contributed by atoms with van der Waals surface area (Å²) in [5.41, 5.74) is -0.657. The molecule has 0 amide bonds. The van der Waals surface area contributed by atoms with Crippen molar-refractivity contribution in [3.8, 4) is 5.75 Å². The summed E-state index contributed by atoms with van der Waals surface area (Å²) in [4.78, 5) is 11.1. The Morgan fingerprint density at radius 2 is 2.00 bits per heavy atom. The molecule has 0 fully saturated rings. The molecule has 0 heterocycles. The predicted octanol–water partition coefficient (Wildman–Crippen LogP) is 3.32. The number of benzene rings is 1. The van der Waals surface area contributed by atoms with E-state index in [-0.39, 0.29) is 18.6 Å². The molecule has 1 aromatic rings. The summed E-state index contributed by atoms with van der Waals surface area (Å²) in [6.07, 6.45) is -3.71. The fraction of sp³-hybridized carbons (Fsp3) is 0.417. The molecular formula is C12H13F3O2. The van der Waals surface area contributed by atoms with Crippen molar-refractivity contribution in [1.29, 1.82) is 0 Å². The number of ketones is 1. The number of carbonyl (C=O) groups excluding carboxylic acids is 1. The predicted molar refractivity (Wildman–Crippen MR) is 56.7 cm³/mol. The van der Waals surface area contributed by atoms with Crippen LogP contribution in [0.5, 0.6) is 5.75 Å². The van der Waals surface area contributed by atoms with Crippen LogP contribution in [0, 0.1) is 0 Å². The average molecular weight is 246 g/mol. The normalized spacial score (nSPS) is 11.5. The second kappa shape index (κ2) is 5.21. The van der Waals surface area contributed by atoms with E-state index in [1.165, 1.54) is 6.07 Å². The first-order valence-electron chi connectivity index (χ1n) is 5.25. The van der Waals surface area contributed by atoms with Crippen LogP contribution in [0.1, 0.15) is 30.9 Å². The standard InChI is InChI=1S/C12H13F3O2/c1-2-9(16)5-3-8-4-6-11(17)10(7-8)12(13,14)15/h4,6-7,17H,2-3,5H2,1H3. The maximum Gasteiger partial charge on any atom is 0.419 e. The van der Waals surface area contributed by atoms with Gasteiger partial charge in [0.05, 0.1) is 5.56 Å². The molecule has 0 spiro atoms. The fourth-order valence-electron chi connectivity index (χ4n) is 1.43. The Balaban J connectivity index is 2.86. The SMILES string of the molecule is CCC(=O)CCc1ccc(O)c(C(F)(F)F)c1. The van der Waals surface area contributed by atoms with E-state index < -0.39 is 17.5 Å². The highest BCUT2D eigenvalue weighted by molar-refractivity contribution is 5.78. The van der Waals surface area contributed by atoms with Crippen LogP contribution in [0.25, 0.3) is 0 Å². The van der Waals surface area contributed by atoms with Gasteiger partial charge in [0.25, 0.3) is 0 Å². The summed E-state index contributed by atoms with van der Waals surface area (Å²) in [5.74, 6) is -0.783. The monoisotopic (exact) mass is 246 g/mol. The first-order chi connectivity index (χ1) is 7.84. The van der Waals surface area contributed by atoms with Crippen LogP contribution in [0.2, 0.25) is 0 Å². The van der Waals surface area contributed by atoms with Crippen LogP contribution >= 0.6 is 0 Å². The number of halogens is 3. The van der Waals surface area contributed by atoms with Crippen molar-refractivity contribution in [1.82, 2.24) is 0 Å². The van der Waals surface area contributed by atoms with E-state index in [4.69, 9.17) is 5.11 Å². The van der Waals surface area contributed by atoms with Crippen LogP contribution < -0.4 is 0 Å². The minimum absolute atomic E-state index is 0.00614. The lowest BCUT2D eigenvalue weighted by atomic mass is 10.0. The average Bonchev–Trinajstić information content (AvgIpc) is 2.26. The van der Waals surface area contributed by atoms with Crippen LogP contribution in [-0.4, -0.2) is 10.9 Å². The van der Waals surface area contributed by atoms with Gasteiger partial charge >= 0.3 is 6.18 Å². The number of phenols is 1. The molecule has 1 N–H and O–H groups in total. The molecule has 1 rings (SSSR count). The van der Waals surface area contributed by atoms with Gasteiger partial charge in [-0.2, -0.15) is 13.2 Å². The van der Waals surface area contributed by atoms with Gasteiger partial charge in [-0.05, 0) is 24.1 Å². The van der Waals surface area contributed by atoms with Gasteiger partial charge in [0.2, 0.25) is 0 Å². The number of hydrogen-bond acceptors (Lipinski definition) is 2. The number of phenolic OH excluding ortho intramolecular Hbond substituents is 1. The lowest BCUT2D eigenvalue weighted by Crippen LogP contribution is -2.06. The zero-order valence-electron chi connectivity index (χ0n) is 9.34. The van der Waals surface area contributed by atoms with Crippen LogP contribution in [0.4, 0.5) is 13.2 Å². The van der Waals surface area contributed by atoms with Crippen molar-refractivity contribution in [2.75, 3.05) is 0 Å². The molecule has 2 nitrogen and oxygen atoms in total. The molecule has 94 valence electrons. The van der Waals surface area contributed by atoms with Gasteiger partial charge in [-0.3, -0.25) is 4.79 Å². The topological polar surface area (TPSA) is 37.3 Å². The number of carbonyl (C=O) groups is 1. The van der Waals surface area contributed by atoms with E-state index in [9.17, 15) is 18.0 Å². The number of hydrogen-bond donors (Lipinski definition) is 1. The maximum absolute atomic E-state index is 12.5. The summed E-state index contributed by atoms with van der Waals surface area (Å²) in [5, 5.41) is 9.11. The Bertz CT molecular complexity index is 411. The minimum atomic E-state index is -4.57. The first-order valence-corrected chi connectivity index (χ1v) is 5.25. The largest absolute Gasteiger partial charge is 0.507 e. The Morgan fingerprint density at radius 3 is 2.53 bits per heavy atom. The molecule has 0 bridgehead atoms. The van der Waals surface area contributed by atoms with Gasteiger partial charge in [-0.25, -0.2) is 0 Å². The van der Waals surface area contributed by atoms with Gasteiger partial charge in [0.15, 0.2) is 0 Å². The number of alkyl halides is 3. The number of Topliss-reactive ketones (excluding diaryl/α,β-unsaturated/α-hetero) is 1. The highest BCUT2D eigenvalue weighted by atomic mass is 19.4. The summed E-state index contributed by atoms with van der Waals surface area (Å²) in [6.45, 7) is 1.71. The minimum Gasteiger partial charge on any atom is -0.507 e. The van der Waals surface area contributed by atoms with Gasteiger partial charge in [-0.15, -0.1) is 0 Å². The van der Waals surface area contributed by atoms with Crippen LogP contribution in [0.15, 0.2) is 18.2 Å². The second-order valence-electron chi connectivity index (χ2n) is 3.74. The van der Waals surface area contributed by atoms with Crippen molar-refractivity contribution in [3.05, 3.63) is 29.3 Å². The zero-order valence-corrected chi connectivity index (χ0v) is 9.34. The Labute approximate surface area is 97.1 Å². The van der Waals surface area contributed by atoms with Crippen molar-refractivity contribution in [2.24, 2.45) is 0 Å². The Kier molecular flexibility index (Phi) is 4.15. The van der Waals surface area contributed by atoms with Gasteiger partial charge in [-0.1, -0.05) is 13.0 Å². The second-order valence-corrected chi connectivity index (χ2v) is 3.74. The van der Waals surface area contributed by atoms with Gasteiger partial charge in [0, 0.05) is 12.8 Å². The van der Waals surface area contributed by atoms with E-state index >= 15 is 0 Å². The molecule has 0 radical (unpaired) electrons. The molecule has 0 aromatic heterocycles. The molecule has 0 aliphatic rings. The number of rotatable bonds is 4. The van der Waals surface area contributed by atoms with E-state index in [1.807, 2.05) is 0 Å². The lowest BCUT2D eigenvalue weighted by Gasteiger charge is -2.10. The van der Waals surface area contributed by atoms with Gasteiger partial charge < -0.3 is 5.11 Å². The maximum atomic E-state index is 12.5. The molecule has 17 heavy (non-hydrogen) atoms. The van der Waals surface area contributed by atoms with E-state index in [2.05, 4.69) is 0 Å². The zero-order chi connectivity index (χ0) is 13.1. The molecular weight excluding hydrogens is 233 g/mol.